The fourth-order valence-electron chi connectivity index (χ4n) is 2.32. The molecule has 0 bridgehead atoms. The molecule has 0 aliphatic rings. The Morgan fingerprint density at radius 2 is 1.57 bits per heavy atom. The maximum Gasteiger partial charge on any atom is 0.307 e. The zero-order chi connectivity index (χ0) is 15.4. The fraction of sp³-hybridized carbons (Fsp3) is 0.235. The van der Waals surface area contributed by atoms with E-state index in [0.29, 0.717) is 5.75 Å². The minimum Gasteiger partial charge on any atom is -0.481 e. The van der Waals surface area contributed by atoms with E-state index >= 15 is 0 Å². The molecule has 2 rings (SSSR count). The van der Waals surface area contributed by atoms with Crippen molar-refractivity contribution in [2.75, 3.05) is 0 Å². The van der Waals surface area contributed by atoms with Crippen LogP contribution in [0.3, 0.4) is 0 Å². The van der Waals surface area contributed by atoms with E-state index in [4.69, 9.17) is 5.11 Å². The Kier molecular flexibility index (Phi) is 4.91. The van der Waals surface area contributed by atoms with Gasteiger partial charge in [0, 0.05) is 4.90 Å². The van der Waals surface area contributed by atoms with Gasteiger partial charge in [0.1, 0.15) is 0 Å². The minimum absolute atomic E-state index is 0.00993. The third kappa shape index (κ3) is 4.53. The molecule has 0 fully saturated rings. The van der Waals surface area contributed by atoms with Gasteiger partial charge in [0.05, 0.1) is 23.0 Å². The Hall–Kier alpha value is -1.94. The smallest absolute Gasteiger partial charge is 0.307 e. The Morgan fingerprint density at radius 3 is 2.10 bits per heavy atom. The van der Waals surface area contributed by atoms with Crippen molar-refractivity contribution in [3.8, 4) is 0 Å². The molecule has 1 N–H and O–H groups in total. The van der Waals surface area contributed by atoms with Crippen molar-refractivity contribution in [1.29, 1.82) is 0 Å². The van der Waals surface area contributed by atoms with Crippen LogP contribution in [0.25, 0.3) is 0 Å². The summed E-state index contributed by atoms with van der Waals surface area (Å²) in [4.78, 5) is 11.4. The van der Waals surface area contributed by atoms with Gasteiger partial charge in [0.25, 0.3) is 0 Å². The SMILES string of the molecule is Cc1cc(C)cc(CS(=O)c2ccc(CC(=O)O)cc2)c1. The van der Waals surface area contributed by atoms with Crippen molar-refractivity contribution < 1.29 is 14.1 Å². The number of aryl methyl sites for hydroxylation is 2. The number of hydrogen-bond donors (Lipinski definition) is 1. The van der Waals surface area contributed by atoms with Crippen molar-refractivity contribution in [3.05, 3.63) is 64.7 Å². The highest BCUT2D eigenvalue weighted by Crippen LogP contribution is 2.16. The lowest BCUT2D eigenvalue weighted by Gasteiger charge is -2.06. The number of aliphatic carboxylic acids is 1. The third-order valence-corrected chi connectivity index (χ3v) is 4.51. The monoisotopic (exact) mass is 302 g/mol. The van der Waals surface area contributed by atoms with E-state index in [9.17, 15) is 9.00 Å². The van der Waals surface area contributed by atoms with Gasteiger partial charge in [-0.25, -0.2) is 0 Å². The summed E-state index contributed by atoms with van der Waals surface area (Å²) >= 11 is 0. The predicted octanol–water partition coefficient (Wildman–Crippen LogP) is 3.24. The highest BCUT2D eigenvalue weighted by molar-refractivity contribution is 7.84. The van der Waals surface area contributed by atoms with Crippen LogP contribution in [0.15, 0.2) is 47.4 Å². The highest BCUT2D eigenvalue weighted by Gasteiger charge is 2.07. The van der Waals surface area contributed by atoms with Crippen LogP contribution < -0.4 is 0 Å². The normalized spacial score (nSPS) is 12.1. The van der Waals surface area contributed by atoms with E-state index < -0.39 is 16.8 Å². The van der Waals surface area contributed by atoms with Crippen molar-refractivity contribution in [3.63, 3.8) is 0 Å². The Bertz CT molecular complexity index is 655. The molecule has 0 aromatic heterocycles. The second-order valence-electron chi connectivity index (χ2n) is 5.20. The topological polar surface area (TPSA) is 54.4 Å². The van der Waals surface area contributed by atoms with Crippen LogP contribution in [-0.2, 0) is 27.8 Å². The molecule has 2 aromatic rings. The van der Waals surface area contributed by atoms with Gasteiger partial charge in [-0.3, -0.25) is 9.00 Å². The summed E-state index contributed by atoms with van der Waals surface area (Å²) in [5, 5.41) is 8.73. The number of carboxylic acid groups (broad SMARTS) is 1. The second-order valence-corrected chi connectivity index (χ2v) is 6.65. The first kappa shape index (κ1) is 15.4. The van der Waals surface area contributed by atoms with Crippen molar-refractivity contribution in [1.82, 2.24) is 0 Å². The molecule has 0 heterocycles. The summed E-state index contributed by atoms with van der Waals surface area (Å²) in [7, 11) is -1.12. The third-order valence-electron chi connectivity index (χ3n) is 3.12. The summed E-state index contributed by atoms with van der Waals surface area (Å²) in [6, 6.07) is 13.1. The zero-order valence-electron chi connectivity index (χ0n) is 12.1. The fourth-order valence-corrected chi connectivity index (χ4v) is 3.40. The molecule has 0 saturated heterocycles. The molecule has 0 spiro atoms. The molecule has 1 unspecified atom stereocenters. The van der Waals surface area contributed by atoms with E-state index in [1.165, 1.54) is 11.1 Å². The maximum atomic E-state index is 12.4. The molecule has 4 heteroatoms. The van der Waals surface area contributed by atoms with Gasteiger partial charge >= 0.3 is 5.97 Å². The molecule has 0 aliphatic heterocycles. The molecule has 110 valence electrons. The van der Waals surface area contributed by atoms with Gasteiger partial charge in [-0.15, -0.1) is 0 Å². The van der Waals surface area contributed by atoms with E-state index in [1.54, 1.807) is 24.3 Å². The number of hydrogen-bond acceptors (Lipinski definition) is 2. The van der Waals surface area contributed by atoms with Crippen LogP contribution in [0.1, 0.15) is 22.3 Å². The van der Waals surface area contributed by atoms with E-state index in [2.05, 4.69) is 6.07 Å². The molecule has 21 heavy (non-hydrogen) atoms. The van der Waals surface area contributed by atoms with Gasteiger partial charge in [0.15, 0.2) is 0 Å². The van der Waals surface area contributed by atoms with Gasteiger partial charge < -0.3 is 5.11 Å². The average molecular weight is 302 g/mol. The van der Waals surface area contributed by atoms with Gasteiger partial charge in [0.2, 0.25) is 0 Å². The van der Waals surface area contributed by atoms with Crippen LogP contribution in [0, 0.1) is 13.8 Å². The van der Waals surface area contributed by atoms with Gasteiger partial charge in [-0.05, 0) is 37.1 Å². The van der Waals surface area contributed by atoms with Crippen LogP contribution in [0.5, 0.6) is 0 Å². The first-order chi connectivity index (χ1) is 9.94. The van der Waals surface area contributed by atoms with Crippen molar-refractivity contribution in [2.24, 2.45) is 0 Å². The Balaban J connectivity index is 2.11. The van der Waals surface area contributed by atoms with E-state index in [0.717, 1.165) is 16.0 Å². The van der Waals surface area contributed by atoms with Gasteiger partial charge in [-0.1, -0.05) is 41.5 Å². The summed E-state index contributed by atoms with van der Waals surface area (Å²) in [5.74, 6) is -0.389. The summed E-state index contributed by atoms with van der Waals surface area (Å²) in [5.41, 5.74) is 4.10. The first-order valence-electron chi connectivity index (χ1n) is 6.70. The molecule has 0 aliphatic carbocycles. The second kappa shape index (κ2) is 6.68. The zero-order valence-corrected chi connectivity index (χ0v) is 12.9. The lowest BCUT2D eigenvalue weighted by Crippen LogP contribution is -2.01. The Morgan fingerprint density at radius 1 is 1.00 bits per heavy atom. The summed E-state index contributed by atoms with van der Waals surface area (Å²) in [6.07, 6.45) is -0.00993. The minimum atomic E-state index is -1.12. The average Bonchev–Trinajstić information content (AvgIpc) is 2.37. The van der Waals surface area contributed by atoms with Crippen LogP contribution >= 0.6 is 0 Å². The molecule has 0 radical (unpaired) electrons. The molecule has 0 amide bonds. The first-order valence-corrected chi connectivity index (χ1v) is 8.02. The van der Waals surface area contributed by atoms with Crippen molar-refractivity contribution in [2.45, 2.75) is 30.9 Å². The maximum absolute atomic E-state index is 12.4. The molecular formula is C17H18O3S. The molecular weight excluding hydrogens is 284 g/mol. The standard InChI is InChI=1S/C17H18O3S/c1-12-7-13(2)9-15(8-12)11-21(20)16-5-3-14(4-6-16)10-17(18)19/h3-9H,10-11H2,1-2H3,(H,18,19). The lowest BCUT2D eigenvalue weighted by atomic mass is 10.1. The number of rotatable bonds is 5. The van der Waals surface area contributed by atoms with E-state index in [1.807, 2.05) is 26.0 Å². The van der Waals surface area contributed by atoms with Crippen LogP contribution in [-0.4, -0.2) is 15.3 Å². The largest absolute Gasteiger partial charge is 0.481 e. The van der Waals surface area contributed by atoms with Crippen LogP contribution in [0.2, 0.25) is 0 Å². The molecule has 3 nitrogen and oxygen atoms in total. The van der Waals surface area contributed by atoms with Gasteiger partial charge in [-0.2, -0.15) is 0 Å². The molecule has 0 saturated carbocycles. The van der Waals surface area contributed by atoms with E-state index in [-0.39, 0.29) is 6.42 Å². The lowest BCUT2D eigenvalue weighted by molar-refractivity contribution is -0.136. The number of benzene rings is 2. The predicted molar refractivity (Wildman–Crippen MR) is 83.8 cm³/mol. The van der Waals surface area contributed by atoms with Crippen LogP contribution in [0.4, 0.5) is 0 Å². The molecule has 2 aromatic carbocycles. The summed E-state index contributed by atoms with van der Waals surface area (Å²) in [6.45, 7) is 4.06. The Labute approximate surface area is 127 Å². The highest BCUT2D eigenvalue weighted by atomic mass is 32.2. The molecule has 1 atom stereocenters. The van der Waals surface area contributed by atoms with Crippen molar-refractivity contribution >= 4 is 16.8 Å². The quantitative estimate of drug-likeness (QED) is 0.922. The number of carbonyl (C=O) groups is 1. The number of carboxylic acids is 1. The summed E-state index contributed by atoms with van der Waals surface area (Å²) < 4.78 is 12.4.